The van der Waals surface area contributed by atoms with Gasteiger partial charge in [0.25, 0.3) is 0 Å². The number of rotatable bonds is 22. The van der Waals surface area contributed by atoms with Crippen LogP contribution in [0.5, 0.6) is 0 Å². The molecule has 228 valence electrons. The topological polar surface area (TPSA) is 24.7 Å². The van der Waals surface area contributed by atoms with Crippen molar-refractivity contribution in [3.63, 3.8) is 0 Å². The molecule has 2 heteroatoms. The van der Waals surface area contributed by atoms with Crippen molar-refractivity contribution in [1.82, 2.24) is 0 Å². The average Bonchev–Trinajstić information content (AvgIpc) is 3.01. The fourth-order valence-corrected chi connectivity index (χ4v) is 5.70. The molecule has 0 atom stereocenters. The number of terminal acetylenes is 2. The zero-order chi connectivity index (χ0) is 30.4. The monoisotopic (exact) mass is 566 g/mol. The molecule has 2 aromatic rings. The summed E-state index contributed by atoms with van der Waals surface area (Å²) in [5.41, 5.74) is 8.95. The summed E-state index contributed by atoms with van der Waals surface area (Å²) in [7, 11) is 0. The first-order chi connectivity index (χ1) is 20.6. The molecule has 0 aliphatic heterocycles. The molecule has 2 rings (SSSR count). The van der Waals surface area contributed by atoms with E-state index >= 15 is 0 Å². The number of unbranched alkanes of at least 4 members (excludes halogenated alkanes) is 12. The summed E-state index contributed by atoms with van der Waals surface area (Å²) in [5, 5.41) is 9.94. The minimum atomic E-state index is 0.985. The molecule has 42 heavy (non-hydrogen) atoms. The van der Waals surface area contributed by atoms with Crippen molar-refractivity contribution in [2.24, 2.45) is 10.2 Å². The highest BCUT2D eigenvalue weighted by molar-refractivity contribution is 5.58. The molecule has 0 unspecified atom stereocenters. The summed E-state index contributed by atoms with van der Waals surface area (Å²) >= 11 is 0. The Labute approximate surface area is 259 Å². The highest BCUT2D eigenvalue weighted by Gasteiger charge is 2.12. The predicted octanol–water partition coefficient (Wildman–Crippen LogP) is 12.6. The lowest BCUT2D eigenvalue weighted by atomic mass is 9.95. The van der Waals surface area contributed by atoms with Crippen LogP contribution in [0.25, 0.3) is 0 Å². The van der Waals surface area contributed by atoms with Gasteiger partial charge in [-0.3, -0.25) is 0 Å². The molecule has 0 saturated carbocycles. The summed E-state index contributed by atoms with van der Waals surface area (Å²) in [6.07, 6.45) is 35.5. The minimum absolute atomic E-state index is 0.985. The minimum Gasteiger partial charge on any atom is -0.150 e. The second-order valence-electron chi connectivity index (χ2n) is 12.0. The molecular weight excluding hydrogens is 508 g/mol. The average molecular weight is 567 g/mol. The molecule has 2 aromatic carbocycles. The van der Waals surface area contributed by atoms with Crippen molar-refractivity contribution in [2.75, 3.05) is 0 Å². The molecule has 0 saturated heterocycles. The summed E-state index contributed by atoms with van der Waals surface area (Å²) in [5.74, 6) is 5.96. The molecule has 0 aromatic heterocycles. The van der Waals surface area contributed by atoms with E-state index in [1.165, 1.54) is 99.3 Å². The van der Waals surface area contributed by atoms with Crippen LogP contribution in [0, 0.1) is 24.7 Å². The van der Waals surface area contributed by atoms with Crippen LogP contribution in [0.1, 0.15) is 164 Å². The van der Waals surface area contributed by atoms with E-state index in [-0.39, 0.29) is 0 Å². The van der Waals surface area contributed by atoms with E-state index in [2.05, 4.69) is 63.8 Å². The van der Waals surface area contributed by atoms with Gasteiger partial charge in [-0.05, 0) is 97.9 Å². The van der Waals surface area contributed by atoms with Crippen molar-refractivity contribution < 1.29 is 0 Å². The molecular formula is C40H58N2. The predicted molar refractivity (Wildman–Crippen MR) is 184 cm³/mol. The molecule has 0 aliphatic carbocycles. The van der Waals surface area contributed by atoms with Gasteiger partial charge < -0.3 is 0 Å². The quantitative estimate of drug-likeness (QED) is 0.0769. The number of aryl methyl sites for hydroxylation is 4. The van der Waals surface area contributed by atoms with Gasteiger partial charge in [0.2, 0.25) is 0 Å². The molecule has 2 nitrogen and oxygen atoms in total. The molecule has 0 heterocycles. The van der Waals surface area contributed by atoms with Crippen LogP contribution in [0.15, 0.2) is 34.5 Å². The van der Waals surface area contributed by atoms with Gasteiger partial charge in [0.15, 0.2) is 0 Å². The molecule has 0 bridgehead atoms. The zero-order valence-electron chi connectivity index (χ0n) is 27.5. The molecule has 0 amide bonds. The maximum absolute atomic E-state index is 6.01. The Morgan fingerprint density at radius 1 is 0.429 bits per heavy atom. The standard InChI is InChI=1S/C40H58N2/c1-7-13-17-21-25-35-31-39(37(29-33(35)11-5)27-23-19-15-9-3)41-42-40-32-36(26-22-18-14-8-2)34(12-6)30-38(40)28-24-20-16-10-4/h5-6,29-32H,7-10,13-28H2,1-4H3. The Bertz CT molecular complexity index is 1070. The molecule has 0 fully saturated rings. The van der Waals surface area contributed by atoms with E-state index in [1.54, 1.807) is 0 Å². The van der Waals surface area contributed by atoms with Crippen LogP contribution < -0.4 is 0 Å². The van der Waals surface area contributed by atoms with E-state index in [9.17, 15) is 0 Å². The summed E-state index contributed by atoms with van der Waals surface area (Å²) in [6, 6.07) is 8.92. The number of nitrogens with zero attached hydrogens (tertiary/aromatic N) is 2. The third-order valence-electron chi connectivity index (χ3n) is 8.38. The van der Waals surface area contributed by atoms with Gasteiger partial charge in [-0.25, -0.2) is 0 Å². The van der Waals surface area contributed by atoms with Gasteiger partial charge in [0.1, 0.15) is 0 Å². The Hall–Kier alpha value is -2.84. The first-order valence-corrected chi connectivity index (χ1v) is 17.3. The SMILES string of the molecule is C#Cc1cc(CCCCCC)c(N=Nc2cc(CCCCCC)c(C#C)cc2CCCCCC)cc1CCCCCC. The lowest BCUT2D eigenvalue weighted by Crippen LogP contribution is -1.97. The highest BCUT2D eigenvalue weighted by Crippen LogP contribution is 2.32. The number of benzene rings is 2. The van der Waals surface area contributed by atoms with Gasteiger partial charge in [-0.2, -0.15) is 10.2 Å². The molecule has 0 N–H and O–H groups in total. The Morgan fingerprint density at radius 3 is 1.02 bits per heavy atom. The zero-order valence-corrected chi connectivity index (χ0v) is 27.5. The van der Waals surface area contributed by atoms with Crippen LogP contribution in [0.2, 0.25) is 0 Å². The van der Waals surface area contributed by atoms with Crippen LogP contribution in [-0.4, -0.2) is 0 Å². The van der Waals surface area contributed by atoms with E-state index in [0.717, 1.165) is 73.9 Å². The summed E-state index contributed by atoms with van der Waals surface area (Å²) in [6.45, 7) is 9.02. The molecule has 0 spiro atoms. The van der Waals surface area contributed by atoms with Crippen LogP contribution in [0.4, 0.5) is 11.4 Å². The van der Waals surface area contributed by atoms with E-state index in [1.807, 2.05) is 0 Å². The third-order valence-corrected chi connectivity index (χ3v) is 8.38. The summed E-state index contributed by atoms with van der Waals surface area (Å²) in [4.78, 5) is 0. The maximum Gasteiger partial charge on any atom is 0.0892 e. The largest absolute Gasteiger partial charge is 0.150 e. The van der Waals surface area contributed by atoms with Gasteiger partial charge in [0.05, 0.1) is 11.4 Å². The number of hydrogen-bond acceptors (Lipinski definition) is 2. The second kappa shape index (κ2) is 21.8. The normalized spacial score (nSPS) is 11.2. The lowest BCUT2D eigenvalue weighted by Gasteiger charge is -2.13. The Balaban J connectivity index is 2.48. The molecule has 0 radical (unpaired) electrons. The van der Waals surface area contributed by atoms with Crippen molar-refractivity contribution in [3.8, 4) is 24.7 Å². The smallest absolute Gasteiger partial charge is 0.0892 e. The lowest BCUT2D eigenvalue weighted by molar-refractivity contribution is 0.662. The number of azo groups is 1. The Kier molecular flexibility index (Phi) is 18.4. The van der Waals surface area contributed by atoms with Gasteiger partial charge in [0, 0.05) is 11.1 Å². The van der Waals surface area contributed by atoms with E-state index in [4.69, 9.17) is 23.1 Å². The van der Waals surface area contributed by atoms with Crippen molar-refractivity contribution in [1.29, 1.82) is 0 Å². The van der Waals surface area contributed by atoms with Crippen molar-refractivity contribution in [2.45, 2.75) is 156 Å². The first kappa shape index (κ1) is 35.4. The third kappa shape index (κ3) is 12.6. The van der Waals surface area contributed by atoms with Crippen molar-refractivity contribution >= 4 is 11.4 Å². The second-order valence-corrected chi connectivity index (χ2v) is 12.0. The highest BCUT2D eigenvalue weighted by atomic mass is 15.1. The van der Waals surface area contributed by atoms with Gasteiger partial charge >= 0.3 is 0 Å². The maximum atomic E-state index is 6.01. The fraction of sp³-hybridized carbons (Fsp3) is 0.600. The number of hydrogen-bond donors (Lipinski definition) is 0. The van der Waals surface area contributed by atoms with Crippen LogP contribution in [-0.2, 0) is 25.7 Å². The summed E-state index contributed by atoms with van der Waals surface area (Å²) < 4.78 is 0. The van der Waals surface area contributed by atoms with Gasteiger partial charge in [-0.1, -0.05) is 117 Å². The molecule has 0 aliphatic rings. The fourth-order valence-electron chi connectivity index (χ4n) is 5.70. The van der Waals surface area contributed by atoms with Crippen molar-refractivity contribution in [3.05, 3.63) is 57.6 Å². The van der Waals surface area contributed by atoms with Gasteiger partial charge in [-0.15, -0.1) is 12.8 Å². The van der Waals surface area contributed by atoms with Crippen LogP contribution >= 0.6 is 0 Å². The first-order valence-electron chi connectivity index (χ1n) is 17.3. The van der Waals surface area contributed by atoms with E-state index < -0.39 is 0 Å². The van der Waals surface area contributed by atoms with Crippen LogP contribution in [0.3, 0.4) is 0 Å². The van der Waals surface area contributed by atoms with E-state index in [0.29, 0.717) is 0 Å². The Morgan fingerprint density at radius 2 is 0.738 bits per heavy atom.